The van der Waals surface area contributed by atoms with Crippen molar-refractivity contribution < 1.29 is 22.6 Å². The normalized spacial score (nSPS) is 11.2. The van der Waals surface area contributed by atoms with Gasteiger partial charge in [-0.1, -0.05) is 18.2 Å². The van der Waals surface area contributed by atoms with Gasteiger partial charge in [-0.15, -0.1) is 0 Å². The molecule has 0 aromatic heterocycles. The molecule has 0 fully saturated rings. The first-order chi connectivity index (χ1) is 15.3. The molecule has 0 aliphatic carbocycles. The van der Waals surface area contributed by atoms with E-state index in [0.29, 0.717) is 32.8 Å². The summed E-state index contributed by atoms with van der Waals surface area (Å²) in [7, 11) is 1.50. The van der Waals surface area contributed by atoms with Gasteiger partial charge in [0.25, 0.3) is 0 Å². The number of nitrogens with one attached hydrogen (secondary N) is 1. The topological polar surface area (TPSA) is 66.6 Å². The summed E-state index contributed by atoms with van der Waals surface area (Å²) < 4.78 is 49.8. The van der Waals surface area contributed by atoms with Gasteiger partial charge in [0.2, 0.25) is 0 Å². The Labute approximate surface area is 191 Å². The van der Waals surface area contributed by atoms with Crippen molar-refractivity contribution >= 4 is 27.8 Å². The Bertz CT molecular complexity index is 1160. The maximum atomic E-state index is 12.6. The highest BCUT2D eigenvalue weighted by Gasteiger charge is 2.29. The fraction of sp³-hybridized carbons (Fsp3) is 0.130. The fourth-order valence-electron chi connectivity index (χ4n) is 2.74. The van der Waals surface area contributed by atoms with Crippen LogP contribution in [0.15, 0.2) is 70.2 Å². The van der Waals surface area contributed by atoms with Crippen molar-refractivity contribution in [2.75, 3.05) is 12.5 Å². The number of alkyl halides is 3. The molecule has 9 heteroatoms. The van der Waals surface area contributed by atoms with E-state index >= 15 is 0 Å². The van der Waals surface area contributed by atoms with E-state index in [9.17, 15) is 18.4 Å². The second kappa shape index (κ2) is 10.2. The molecule has 3 aromatic rings. The van der Waals surface area contributed by atoms with Gasteiger partial charge in [-0.3, -0.25) is 5.43 Å². The summed E-state index contributed by atoms with van der Waals surface area (Å²) in [6.07, 6.45) is -2.89. The van der Waals surface area contributed by atoms with Crippen LogP contribution in [-0.4, -0.2) is 13.3 Å². The maximum Gasteiger partial charge on any atom is 0.416 e. The Morgan fingerprint density at radius 3 is 2.47 bits per heavy atom. The molecular formula is C23H17BrF3N3O2. The molecule has 164 valence electrons. The lowest BCUT2D eigenvalue weighted by Crippen LogP contribution is -2.04. The Hall–Kier alpha value is -3.51. The van der Waals surface area contributed by atoms with Crippen molar-refractivity contribution in [2.24, 2.45) is 5.10 Å². The SMILES string of the molecule is COc1cc(/C=N/Nc2ccc(C(F)(F)F)cc2)c(Br)cc1OCc1ccccc1C#N. The minimum Gasteiger partial charge on any atom is -0.493 e. The molecule has 0 amide bonds. The monoisotopic (exact) mass is 503 g/mol. The minimum atomic E-state index is -4.39. The van der Waals surface area contributed by atoms with Gasteiger partial charge in [-0.05, 0) is 58.4 Å². The average molecular weight is 504 g/mol. The summed E-state index contributed by atoms with van der Waals surface area (Å²) in [5.74, 6) is 0.929. The van der Waals surface area contributed by atoms with E-state index in [-0.39, 0.29) is 6.61 Å². The van der Waals surface area contributed by atoms with Gasteiger partial charge in [0, 0.05) is 15.6 Å². The highest BCUT2D eigenvalue weighted by atomic mass is 79.9. The molecule has 0 heterocycles. The van der Waals surface area contributed by atoms with Crippen LogP contribution in [0.2, 0.25) is 0 Å². The zero-order chi connectivity index (χ0) is 23.1. The van der Waals surface area contributed by atoms with E-state index < -0.39 is 11.7 Å². The van der Waals surface area contributed by atoms with Gasteiger partial charge in [-0.2, -0.15) is 23.5 Å². The molecule has 0 bridgehead atoms. The van der Waals surface area contributed by atoms with Crippen LogP contribution >= 0.6 is 15.9 Å². The summed E-state index contributed by atoms with van der Waals surface area (Å²) in [6.45, 7) is 0.190. The number of rotatable bonds is 7. The van der Waals surface area contributed by atoms with Crippen molar-refractivity contribution in [2.45, 2.75) is 12.8 Å². The Kier molecular flexibility index (Phi) is 7.38. The number of halogens is 4. The summed E-state index contributed by atoms with van der Waals surface area (Å²) in [5, 5.41) is 13.3. The van der Waals surface area contributed by atoms with E-state index in [1.54, 1.807) is 24.3 Å². The number of hydrazone groups is 1. The standard InChI is InChI=1S/C23H17BrF3N3O2/c1-31-21-10-17(13-29-30-19-8-6-18(7-9-19)23(25,26)27)20(24)11-22(21)32-14-16-5-3-2-4-15(16)12-28/h2-11,13,30H,14H2,1H3/b29-13+. The third kappa shape index (κ3) is 5.80. The summed E-state index contributed by atoms with van der Waals surface area (Å²) in [4.78, 5) is 0. The second-order valence-corrected chi connectivity index (χ2v) is 7.38. The summed E-state index contributed by atoms with van der Waals surface area (Å²) in [6, 6.07) is 17.2. The molecule has 5 nitrogen and oxygen atoms in total. The molecule has 3 aromatic carbocycles. The van der Waals surface area contributed by atoms with Crippen LogP contribution in [0.5, 0.6) is 11.5 Å². The number of nitrogens with zero attached hydrogens (tertiary/aromatic N) is 2. The van der Waals surface area contributed by atoms with Crippen molar-refractivity contribution in [1.29, 1.82) is 5.26 Å². The molecule has 0 atom stereocenters. The Morgan fingerprint density at radius 1 is 1.09 bits per heavy atom. The van der Waals surface area contributed by atoms with Crippen LogP contribution in [0.3, 0.4) is 0 Å². The molecular weight excluding hydrogens is 487 g/mol. The van der Waals surface area contributed by atoms with Gasteiger partial charge >= 0.3 is 6.18 Å². The molecule has 0 radical (unpaired) electrons. The molecule has 0 spiro atoms. The first-order valence-electron chi connectivity index (χ1n) is 9.26. The first kappa shape index (κ1) is 23.2. The van der Waals surface area contributed by atoms with Crippen LogP contribution in [0.25, 0.3) is 0 Å². The van der Waals surface area contributed by atoms with E-state index in [0.717, 1.165) is 17.7 Å². The van der Waals surface area contributed by atoms with Crippen molar-refractivity contribution in [3.05, 3.63) is 87.4 Å². The number of hydrogen-bond acceptors (Lipinski definition) is 5. The summed E-state index contributed by atoms with van der Waals surface area (Å²) >= 11 is 3.45. The van der Waals surface area contributed by atoms with Crippen molar-refractivity contribution in [3.63, 3.8) is 0 Å². The molecule has 0 aliphatic heterocycles. The van der Waals surface area contributed by atoms with Crippen LogP contribution in [0.4, 0.5) is 18.9 Å². The number of nitriles is 1. The van der Waals surface area contributed by atoms with E-state index in [1.807, 2.05) is 12.1 Å². The molecule has 0 saturated heterocycles. The van der Waals surface area contributed by atoms with E-state index in [4.69, 9.17) is 9.47 Å². The van der Waals surface area contributed by atoms with Gasteiger partial charge in [0.15, 0.2) is 11.5 Å². The fourth-order valence-corrected chi connectivity index (χ4v) is 3.17. The van der Waals surface area contributed by atoms with E-state index in [1.165, 1.54) is 25.5 Å². The van der Waals surface area contributed by atoms with Gasteiger partial charge in [0.1, 0.15) is 6.61 Å². The average Bonchev–Trinajstić information content (AvgIpc) is 2.78. The molecule has 0 aliphatic rings. The highest BCUT2D eigenvalue weighted by Crippen LogP contribution is 2.34. The van der Waals surface area contributed by atoms with E-state index in [2.05, 4.69) is 32.5 Å². The van der Waals surface area contributed by atoms with Gasteiger partial charge < -0.3 is 9.47 Å². The van der Waals surface area contributed by atoms with Crippen LogP contribution in [-0.2, 0) is 12.8 Å². The predicted octanol–water partition coefficient (Wildman–Crippen LogP) is 6.37. The largest absolute Gasteiger partial charge is 0.493 e. The number of ether oxygens (including phenoxy) is 2. The maximum absolute atomic E-state index is 12.6. The third-order valence-corrected chi connectivity index (χ3v) is 5.10. The molecule has 3 rings (SSSR count). The first-order valence-corrected chi connectivity index (χ1v) is 10.1. The lowest BCUT2D eigenvalue weighted by atomic mass is 10.1. The minimum absolute atomic E-state index is 0.190. The molecule has 0 saturated carbocycles. The smallest absolute Gasteiger partial charge is 0.416 e. The second-order valence-electron chi connectivity index (χ2n) is 6.53. The highest BCUT2D eigenvalue weighted by molar-refractivity contribution is 9.10. The quantitative estimate of drug-likeness (QED) is 0.300. The summed E-state index contributed by atoms with van der Waals surface area (Å²) in [5.41, 5.74) is 4.31. The zero-order valence-electron chi connectivity index (χ0n) is 16.8. The van der Waals surface area contributed by atoms with Crippen molar-refractivity contribution in [3.8, 4) is 17.6 Å². The van der Waals surface area contributed by atoms with Crippen molar-refractivity contribution in [1.82, 2.24) is 0 Å². The molecule has 0 unspecified atom stereocenters. The number of hydrogen-bond donors (Lipinski definition) is 1. The predicted molar refractivity (Wildman–Crippen MR) is 119 cm³/mol. The number of methoxy groups -OCH3 is 1. The molecule has 32 heavy (non-hydrogen) atoms. The lowest BCUT2D eigenvalue weighted by molar-refractivity contribution is -0.137. The number of anilines is 1. The lowest BCUT2D eigenvalue weighted by Gasteiger charge is -2.13. The van der Waals surface area contributed by atoms with Gasteiger partial charge in [-0.25, -0.2) is 0 Å². The van der Waals surface area contributed by atoms with Crippen LogP contribution in [0.1, 0.15) is 22.3 Å². The Balaban J connectivity index is 1.71. The third-order valence-electron chi connectivity index (χ3n) is 4.41. The zero-order valence-corrected chi connectivity index (χ0v) is 18.4. The van der Waals surface area contributed by atoms with Gasteiger partial charge in [0.05, 0.1) is 36.2 Å². The van der Waals surface area contributed by atoms with Crippen LogP contribution < -0.4 is 14.9 Å². The molecule has 1 N–H and O–H groups in total. The number of benzene rings is 3. The Morgan fingerprint density at radius 2 is 1.81 bits per heavy atom. The van der Waals surface area contributed by atoms with Crippen LogP contribution in [0, 0.1) is 11.3 Å².